The molecular formula is C16H27N3O2. The van der Waals surface area contributed by atoms with Crippen molar-refractivity contribution < 1.29 is 9.53 Å². The van der Waals surface area contributed by atoms with E-state index in [1.54, 1.807) is 12.1 Å². The molecule has 1 aromatic carbocycles. The van der Waals surface area contributed by atoms with E-state index in [9.17, 15) is 4.79 Å². The second-order valence-electron chi connectivity index (χ2n) is 5.45. The zero-order valence-electron chi connectivity index (χ0n) is 13.5. The first kappa shape index (κ1) is 17.5. The van der Waals surface area contributed by atoms with Gasteiger partial charge in [0.1, 0.15) is 0 Å². The number of ether oxygens (including phenoxy) is 1. The molecular weight excluding hydrogens is 266 g/mol. The van der Waals surface area contributed by atoms with Gasteiger partial charge in [0, 0.05) is 30.9 Å². The maximum Gasteiger partial charge on any atom is 0.251 e. The van der Waals surface area contributed by atoms with Gasteiger partial charge in [-0.3, -0.25) is 4.79 Å². The van der Waals surface area contributed by atoms with Gasteiger partial charge < -0.3 is 20.7 Å². The summed E-state index contributed by atoms with van der Waals surface area (Å²) in [5.74, 6) is -0.102. The fourth-order valence-corrected chi connectivity index (χ4v) is 2.07. The van der Waals surface area contributed by atoms with E-state index in [1.807, 2.05) is 34.0 Å². The van der Waals surface area contributed by atoms with Gasteiger partial charge in [-0.1, -0.05) is 6.07 Å². The lowest BCUT2D eigenvalue weighted by Gasteiger charge is -2.20. The van der Waals surface area contributed by atoms with Crippen molar-refractivity contribution in [3.8, 4) is 0 Å². The van der Waals surface area contributed by atoms with Crippen LogP contribution in [-0.2, 0) is 4.74 Å². The standard InChI is InChI=1S/C16H27N3O2/c1-5-21-14(8-9-19(3)4)11-18-16(20)15-10-13(17)7-6-12(15)2/h6-7,10,14H,5,8-9,11,17H2,1-4H3,(H,18,20). The monoisotopic (exact) mass is 293 g/mol. The van der Waals surface area contributed by atoms with E-state index in [-0.39, 0.29) is 12.0 Å². The molecule has 0 bridgehead atoms. The molecule has 0 aliphatic rings. The van der Waals surface area contributed by atoms with Gasteiger partial charge in [-0.15, -0.1) is 0 Å². The van der Waals surface area contributed by atoms with Crippen LogP contribution in [-0.4, -0.2) is 50.7 Å². The third-order valence-electron chi connectivity index (χ3n) is 3.30. The van der Waals surface area contributed by atoms with E-state index in [4.69, 9.17) is 10.5 Å². The number of carbonyl (C=O) groups is 1. The average Bonchev–Trinajstić information content (AvgIpc) is 2.44. The maximum absolute atomic E-state index is 12.2. The van der Waals surface area contributed by atoms with Gasteiger partial charge >= 0.3 is 0 Å². The van der Waals surface area contributed by atoms with Gasteiger partial charge in [-0.05, 0) is 52.1 Å². The molecule has 5 nitrogen and oxygen atoms in total. The summed E-state index contributed by atoms with van der Waals surface area (Å²) in [5.41, 5.74) is 7.88. The normalized spacial score (nSPS) is 12.4. The van der Waals surface area contributed by atoms with E-state index in [0.29, 0.717) is 24.4 Å². The Bertz CT molecular complexity index is 461. The number of amides is 1. The number of nitrogens with zero attached hydrogens (tertiary/aromatic N) is 1. The van der Waals surface area contributed by atoms with E-state index < -0.39 is 0 Å². The number of nitrogen functional groups attached to an aromatic ring is 1. The van der Waals surface area contributed by atoms with E-state index in [2.05, 4.69) is 10.2 Å². The Morgan fingerprint density at radius 1 is 1.43 bits per heavy atom. The lowest BCUT2D eigenvalue weighted by atomic mass is 10.1. The first-order valence-corrected chi connectivity index (χ1v) is 7.34. The number of rotatable bonds is 8. The molecule has 1 unspecified atom stereocenters. The summed E-state index contributed by atoms with van der Waals surface area (Å²) in [6, 6.07) is 5.36. The van der Waals surface area contributed by atoms with Crippen molar-refractivity contribution in [1.29, 1.82) is 0 Å². The minimum Gasteiger partial charge on any atom is -0.399 e. The summed E-state index contributed by atoms with van der Waals surface area (Å²) in [6.45, 7) is 5.95. The Balaban J connectivity index is 2.58. The molecule has 0 aliphatic carbocycles. The van der Waals surface area contributed by atoms with Crippen LogP contribution in [0.4, 0.5) is 5.69 Å². The summed E-state index contributed by atoms with van der Waals surface area (Å²) in [7, 11) is 4.05. The molecule has 5 heteroatoms. The SMILES string of the molecule is CCOC(CCN(C)C)CNC(=O)c1cc(N)ccc1C. The molecule has 0 heterocycles. The van der Waals surface area contributed by atoms with Gasteiger partial charge in [0.2, 0.25) is 0 Å². The molecule has 3 N–H and O–H groups in total. The number of benzene rings is 1. The number of nitrogens with one attached hydrogen (secondary N) is 1. The Kier molecular flexibility index (Phi) is 7.19. The Labute approximate surface area is 127 Å². The van der Waals surface area contributed by atoms with Crippen LogP contribution in [0.5, 0.6) is 0 Å². The van der Waals surface area contributed by atoms with Gasteiger partial charge in [0.15, 0.2) is 0 Å². The molecule has 21 heavy (non-hydrogen) atoms. The fraction of sp³-hybridized carbons (Fsp3) is 0.562. The highest BCUT2D eigenvalue weighted by atomic mass is 16.5. The molecule has 1 atom stereocenters. The van der Waals surface area contributed by atoms with Crippen LogP contribution < -0.4 is 11.1 Å². The van der Waals surface area contributed by atoms with Crippen molar-refractivity contribution in [1.82, 2.24) is 10.2 Å². The zero-order valence-corrected chi connectivity index (χ0v) is 13.5. The van der Waals surface area contributed by atoms with Crippen LogP contribution in [0.2, 0.25) is 0 Å². The largest absolute Gasteiger partial charge is 0.399 e. The lowest BCUT2D eigenvalue weighted by Crippen LogP contribution is -2.35. The number of hydrogen-bond donors (Lipinski definition) is 2. The molecule has 0 aromatic heterocycles. The highest BCUT2D eigenvalue weighted by Crippen LogP contribution is 2.12. The molecule has 0 aliphatic heterocycles. The predicted molar refractivity (Wildman–Crippen MR) is 86.5 cm³/mol. The van der Waals surface area contributed by atoms with Crippen LogP contribution in [0.1, 0.15) is 29.3 Å². The molecule has 0 spiro atoms. The molecule has 0 saturated carbocycles. The minimum atomic E-state index is -0.102. The van der Waals surface area contributed by atoms with Crippen molar-refractivity contribution in [2.75, 3.05) is 39.5 Å². The first-order chi connectivity index (χ1) is 9.93. The second kappa shape index (κ2) is 8.64. The zero-order chi connectivity index (χ0) is 15.8. The Morgan fingerprint density at radius 2 is 2.14 bits per heavy atom. The third kappa shape index (κ3) is 6.14. The van der Waals surface area contributed by atoms with Crippen LogP contribution >= 0.6 is 0 Å². The maximum atomic E-state index is 12.2. The Morgan fingerprint density at radius 3 is 2.76 bits per heavy atom. The molecule has 1 aromatic rings. The quantitative estimate of drug-likeness (QED) is 0.715. The predicted octanol–water partition coefficient (Wildman–Crippen LogP) is 1.66. The molecule has 118 valence electrons. The van der Waals surface area contributed by atoms with E-state index in [0.717, 1.165) is 18.5 Å². The first-order valence-electron chi connectivity index (χ1n) is 7.34. The third-order valence-corrected chi connectivity index (χ3v) is 3.30. The lowest BCUT2D eigenvalue weighted by molar-refractivity contribution is 0.0496. The topological polar surface area (TPSA) is 67.6 Å². The van der Waals surface area contributed by atoms with Crippen molar-refractivity contribution in [3.05, 3.63) is 29.3 Å². The number of nitrogens with two attached hydrogens (primary N) is 1. The van der Waals surface area contributed by atoms with Gasteiger partial charge in [-0.25, -0.2) is 0 Å². The molecule has 0 radical (unpaired) electrons. The summed E-state index contributed by atoms with van der Waals surface area (Å²) < 4.78 is 5.67. The fourth-order valence-electron chi connectivity index (χ4n) is 2.07. The second-order valence-corrected chi connectivity index (χ2v) is 5.45. The van der Waals surface area contributed by atoms with Gasteiger partial charge in [0.05, 0.1) is 6.10 Å². The van der Waals surface area contributed by atoms with Crippen LogP contribution in [0, 0.1) is 6.92 Å². The summed E-state index contributed by atoms with van der Waals surface area (Å²) in [5, 5.41) is 2.94. The number of hydrogen-bond acceptors (Lipinski definition) is 4. The van der Waals surface area contributed by atoms with Crippen LogP contribution in [0.15, 0.2) is 18.2 Å². The molecule has 1 amide bonds. The average molecular weight is 293 g/mol. The number of aryl methyl sites for hydroxylation is 1. The highest BCUT2D eigenvalue weighted by molar-refractivity contribution is 5.96. The van der Waals surface area contributed by atoms with Crippen LogP contribution in [0.25, 0.3) is 0 Å². The molecule has 1 rings (SSSR count). The summed E-state index contributed by atoms with van der Waals surface area (Å²) in [6.07, 6.45) is 0.916. The smallest absolute Gasteiger partial charge is 0.251 e. The molecule has 0 saturated heterocycles. The molecule has 0 fully saturated rings. The Hall–Kier alpha value is -1.59. The van der Waals surface area contributed by atoms with E-state index >= 15 is 0 Å². The van der Waals surface area contributed by atoms with Gasteiger partial charge in [0.25, 0.3) is 5.91 Å². The van der Waals surface area contributed by atoms with Crippen molar-refractivity contribution >= 4 is 11.6 Å². The minimum absolute atomic E-state index is 0.0303. The van der Waals surface area contributed by atoms with E-state index in [1.165, 1.54) is 0 Å². The highest BCUT2D eigenvalue weighted by Gasteiger charge is 2.13. The summed E-state index contributed by atoms with van der Waals surface area (Å²) >= 11 is 0. The number of carbonyl (C=O) groups excluding carboxylic acids is 1. The van der Waals surface area contributed by atoms with Gasteiger partial charge in [-0.2, -0.15) is 0 Å². The van der Waals surface area contributed by atoms with Crippen molar-refractivity contribution in [2.45, 2.75) is 26.4 Å². The summed E-state index contributed by atoms with van der Waals surface area (Å²) in [4.78, 5) is 14.3. The van der Waals surface area contributed by atoms with Crippen molar-refractivity contribution in [3.63, 3.8) is 0 Å². The van der Waals surface area contributed by atoms with Crippen LogP contribution in [0.3, 0.4) is 0 Å². The van der Waals surface area contributed by atoms with Crippen molar-refractivity contribution in [2.24, 2.45) is 0 Å². The number of anilines is 1.